The van der Waals surface area contributed by atoms with Crippen molar-refractivity contribution in [1.82, 2.24) is 24.6 Å². The lowest BCUT2D eigenvalue weighted by Crippen LogP contribution is -2.48. The fourth-order valence-corrected chi connectivity index (χ4v) is 8.98. The summed E-state index contributed by atoms with van der Waals surface area (Å²) in [4.78, 5) is 26.0. The molecule has 0 spiro atoms. The van der Waals surface area contributed by atoms with Crippen LogP contribution in [0.25, 0.3) is 32.9 Å². The highest BCUT2D eigenvalue weighted by molar-refractivity contribution is 6.06. The first-order valence-corrected chi connectivity index (χ1v) is 19.3. The summed E-state index contributed by atoms with van der Waals surface area (Å²) in [5.74, 6) is 1.15. The number of rotatable bonds is 9. The van der Waals surface area contributed by atoms with Crippen LogP contribution in [-0.4, -0.2) is 86.9 Å². The van der Waals surface area contributed by atoms with Crippen LogP contribution in [-0.2, 0) is 16.1 Å². The van der Waals surface area contributed by atoms with Gasteiger partial charge >= 0.3 is 12.1 Å². The number of amides is 1. The molecule has 13 heteroatoms. The zero-order chi connectivity index (χ0) is 36.5. The molecular formula is C41H43FN6O6. The second-order valence-electron chi connectivity index (χ2n) is 15.4. The van der Waals surface area contributed by atoms with Gasteiger partial charge in [-0.25, -0.2) is 13.9 Å². The highest BCUT2D eigenvalue weighted by Gasteiger charge is 2.47. The van der Waals surface area contributed by atoms with Gasteiger partial charge in [-0.3, -0.25) is 0 Å². The highest BCUT2D eigenvalue weighted by atomic mass is 19.1. The predicted octanol–water partition coefficient (Wildman–Crippen LogP) is 7.36. The summed E-state index contributed by atoms with van der Waals surface area (Å²) in [5.41, 5.74) is 5.35. The van der Waals surface area contributed by atoms with Crippen LogP contribution < -0.4 is 14.4 Å². The van der Waals surface area contributed by atoms with Gasteiger partial charge in [0.15, 0.2) is 12.0 Å². The summed E-state index contributed by atoms with van der Waals surface area (Å²) in [6.07, 6.45) is 6.74. The molecule has 3 aromatic carbocycles. The van der Waals surface area contributed by atoms with Gasteiger partial charge in [-0.2, -0.15) is 15.1 Å². The molecule has 4 atom stereocenters. The van der Waals surface area contributed by atoms with E-state index in [1.165, 1.54) is 4.90 Å². The SMILES string of the molecule is Cc1c(F)cc2c(cnn2C2CCCCO2)c1-c1c(C2CC2)cc2c(N3C[C@@H]4C[C@H]3CN4C(=O)O)nc(O[C@H]3CCOC3)nc2c1OCc1ccccc1. The lowest BCUT2D eigenvalue weighted by Gasteiger charge is -2.34. The molecule has 5 aromatic rings. The second kappa shape index (κ2) is 13.4. The number of ether oxygens (including phenoxy) is 4. The minimum atomic E-state index is -0.896. The van der Waals surface area contributed by atoms with Crippen LogP contribution in [0.2, 0.25) is 0 Å². The standard InChI is InChI=1S/C41H43FN6O6/c1-23-32(42)17-33-31(18-43-48(33)34-9-5-6-13-52-34)35(23)36-29(25-10-11-25)16-30-37(38(36)53-21-24-7-3-2-4-8-24)44-40(54-28-12-14-51-22-28)45-39(30)46-19-27-15-26(46)20-47(27)41(49)50/h2-4,7-8,16-18,25-28,34H,5-6,9-15,19-22H2,1H3,(H,49,50)/t26-,27-,28-,34?/m0/s1. The van der Waals surface area contributed by atoms with E-state index in [1.807, 2.05) is 48.1 Å². The Bertz CT molecular complexity index is 2250. The molecule has 1 amide bonds. The van der Waals surface area contributed by atoms with E-state index < -0.39 is 6.09 Å². The summed E-state index contributed by atoms with van der Waals surface area (Å²) in [6.45, 7) is 4.69. The number of piperazine rings is 1. The molecule has 280 valence electrons. The van der Waals surface area contributed by atoms with E-state index in [4.69, 9.17) is 34.0 Å². The first-order valence-electron chi connectivity index (χ1n) is 19.3. The van der Waals surface area contributed by atoms with Crippen molar-refractivity contribution in [1.29, 1.82) is 0 Å². The molecular weight excluding hydrogens is 691 g/mol. The Kier molecular flexibility index (Phi) is 8.31. The van der Waals surface area contributed by atoms with E-state index in [0.29, 0.717) is 61.1 Å². The van der Waals surface area contributed by atoms with Gasteiger partial charge in [0.1, 0.15) is 29.9 Å². The smallest absolute Gasteiger partial charge is 0.407 e. The fourth-order valence-electron chi connectivity index (χ4n) is 8.98. The van der Waals surface area contributed by atoms with E-state index in [0.717, 1.165) is 78.0 Å². The molecule has 12 nitrogen and oxygen atoms in total. The predicted molar refractivity (Wildman–Crippen MR) is 199 cm³/mol. The number of hydrogen-bond donors (Lipinski definition) is 1. The highest BCUT2D eigenvalue weighted by Crippen LogP contribution is 2.54. The molecule has 1 saturated carbocycles. The monoisotopic (exact) mass is 734 g/mol. The Morgan fingerprint density at radius 2 is 1.87 bits per heavy atom. The number of carbonyl (C=O) groups is 1. The summed E-state index contributed by atoms with van der Waals surface area (Å²) >= 11 is 0. The normalized spacial score (nSPS) is 23.9. The van der Waals surface area contributed by atoms with Crippen molar-refractivity contribution in [3.05, 3.63) is 71.2 Å². The molecule has 1 unspecified atom stereocenters. The fraction of sp³-hybridized carbons (Fsp3) is 0.463. The van der Waals surface area contributed by atoms with Crippen molar-refractivity contribution in [3.63, 3.8) is 0 Å². The Morgan fingerprint density at radius 3 is 2.59 bits per heavy atom. The number of anilines is 1. The van der Waals surface area contributed by atoms with Gasteiger partial charge in [-0.15, -0.1) is 0 Å². The summed E-state index contributed by atoms with van der Waals surface area (Å²) in [7, 11) is 0. The molecule has 5 aliphatic rings. The number of nitrogens with zero attached hydrogens (tertiary/aromatic N) is 6. The molecule has 10 rings (SSSR count). The van der Waals surface area contributed by atoms with Crippen molar-refractivity contribution in [2.45, 2.75) is 88.8 Å². The number of benzene rings is 3. The third-order valence-electron chi connectivity index (χ3n) is 11.9. The van der Waals surface area contributed by atoms with Crippen molar-refractivity contribution in [2.75, 3.05) is 37.8 Å². The van der Waals surface area contributed by atoms with Gasteiger partial charge in [0.2, 0.25) is 0 Å². The van der Waals surface area contributed by atoms with Crippen LogP contribution >= 0.6 is 0 Å². The molecule has 4 aliphatic heterocycles. The van der Waals surface area contributed by atoms with Crippen LogP contribution in [0.5, 0.6) is 11.8 Å². The number of likely N-dealkylation sites (tertiary alicyclic amines) is 1. The lowest BCUT2D eigenvalue weighted by molar-refractivity contribution is -0.0366. The molecule has 0 radical (unpaired) electrons. The zero-order valence-electron chi connectivity index (χ0n) is 30.2. The number of hydrogen-bond acceptors (Lipinski definition) is 9. The third kappa shape index (κ3) is 5.79. The van der Waals surface area contributed by atoms with Crippen molar-refractivity contribution >= 4 is 33.7 Å². The van der Waals surface area contributed by atoms with Gasteiger partial charge in [0.25, 0.3) is 0 Å². The van der Waals surface area contributed by atoms with Gasteiger partial charge in [-0.05, 0) is 74.1 Å². The van der Waals surface area contributed by atoms with Gasteiger partial charge in [-0.1, -0.05) is 30.3 Å². The van der Waals surface area contributed by atoms with Crippen molar-refractivity contribution in [2.24, 2.45) is 0 Å². The topological polar surface area (TPSA) is 124 Å². The molecule has 6 heterocycles. The maximum atomic E-state index is 16.4. The summed E-state index contributed by atoms with van der Waals surface area (Å²) in [5, 5.41) is 16.3. The van der Waals surface area contributed by atoms with Crippen molar-refractivity contribution < 1.29 is 33.2 Å². The number of halogens is 1. The molecule has 1 aliphatic carbocycles. The quantitative estimate of drug-likeness (QED) is 0.164. The Balaban J connectivity index is 1.22. The first-order chi connectivity index (χ1) is 26.4. The summed E-state index contributed by atoms with van der Waals surface area (Å²) < 4.78 is 43.4. The van der Waals surface area contributed by atoms with Crippen LogP contribution in [0, 0.1) is 12.7 Å². The Morgan fingerprint density at radius 1 is 1.00 bits per heavy atom. The average Bonchev–Trinajstić information content (AvgIpc) is 3.51. The summed E-state index contributed by atoms with van der Waals surface area (Å²) in [6, 6.07) is 13.8. The van der Waals surface area contributed by atoms with E-state index in [-0.39, 0.29) is 48.8 Å². The Hall–Kier alpha value is -5.01. The molecule has 5 fully saturated rings. The molecule has 4 saturated heterocycles. The van der Waals surface area contributed by atoms with Crippen LogP contribution in [0.15, 0.2) is 48.7 Å². The average molecular weight is 735 g/mol. The minimum Gasteiger partial charge on any atom is -0.486 e. The van der Waals surface area contributed by atoms with E-state index in [1.54, 1.807) is 6.07 Å². The van der Waals surface area contributed by atoms with Gasteiger partial charge in [0, 0.05) is 54.1 Å². The third-order valence-corrected chi connectivity index (χ3v) is 11.9. The van der Waals surface area contributed by atoms with E-state index in [9.17, 15) is 9.90 Å². The van der Waals surface area contributed by atoms with E-state index >= 15 is 4.39 Å². The van der Waals surface area contributed by atoms with Crippen molar-refractivity contribution in [3.8, 4) is 22.9 Å². The van der Waals surface area contributed by atoms with E-state index in [2.05, 4.69) is 11.0 Å². The lowest BCUT2D eigenvalue weighted by atomic mass is 9.88. The Labute approximate surface area is 311 Å². The number of aromatic nitrogens is 4. The van der Waals surface area contributed by atoms with Gasteiger partial charge < -0.3 is 33.9 Å². The zero-order valence-corrected chi connectivity index (χ0v) is 30.2. The molecule has 1 N–H and O–H groups in total. The second-order valence-corrected chi connectivity index (χ2v) is 15.4. The maximum absolute atomic E-state index is 16.4. The van der Waals surface area contributed by atoms with Gasteiger partial charge in [0.05, 0.1) is 37.0 Å². The minimum absolute atomic E-state index is 0.0393. The van der Waals surface area contributed by atoms with Crippen LogP contribution in [0.3, 0.4) is 0 Å². The molecule has 2 bridgehead atoms. The maximum Gasteiger partial charge on any atom is 0.407 e. The number of carboxylic acid groups (broad SMARTS) is 1. The molecule has 54 heavy (non-hydrogen) atoms. The first kappa shape index (κ1) is 33.6. The van der Waals surface area contributed by atoms with Crippen LogP contribution in [0.4, 0.5) is 15.0 Å². The molecule has 2 aromatic heterocycles. The number of fused-ring (bicyclic) bond motifs is 4. The van der Waals surface area contributed by atoms with Crippen LogP contribution in [0.1, 0.15) is 73.8 Å². The largest absolute Gasteiger partial charge is 0.486 e.